The molecule has 1 unspecified atom stereocenters. The Labute approximate surface area is 106 Å². The van der Waals surface area contributed by atoms with Gasteiger partial charge >= 0.3 is 6.18 Å². The number of thioether (sulfide) groups is 1. The first-order valence-electron chi connectivity index (χ1n) is 4.68. The van der Waals surface area contributed by atoms with E-state index in [1.165, 1.54) is 28.8 Å². The van der Waals surface area contributed by atoms with Crippen molar-refractivity contribution in [1.82, 2.24) is 0 Å². The third-order valence-electron chi connectivity index (χ3n) is 2.32. The highest BCUT2D eigenvalue weighted by Gasteiger charge is 2.34. The first-order chi connectivity index (χ1) is 7.89. The molecule has 92 valence electrons. The number of thiol groups is 1. The summed E-state index contributed by atoms with van der Waals surface area (Å²) in [6.07, 6.45) is -4.40. The maximum Gasteiger partial charge on any atom is 0.416 e. The van der Waals surface area contributed by atoms with Crippen LogP contribution in [0.25, 0.3) is 0 Å². The molecule has 1 amide bonds. The van der Waals surface area contributed by atoms with Gasteiger partial charge in [0.2, 0.25) is 0 Å². The fraction of sp³-hybridized carbons (Fsp3) is 0.300. The van der Waals surface area contributed by atoms with Gasteiger partial charge in [-0.1, -0.05) is 6.07 Å². The standard InChI is InChI=1S/C10H8F3NOS2/c11-10(12,13)6-2-1-3-7(4-6)14-5-17-9(16)8(14)15/h1-4,9,16H,5H2. The molecule has 1 atom stereocenters. The van der Waals surface area contributed by atoms with Crippen molar-refractivity contribution in [3.05, 3.63) is 29.8 Å². The lowest BCUT2D eigenvalue weighted by Crippen LogP contribution is -2.27. The van der Waals surface area contributed by atoms with E-state index < -0.39 is 16.3 Å². The Bertz CT molecular complexity index is 449. The highest BCUT2D eigenvalue weighted by atomic mass is 32.2. The number of amides is 1. The van der Waals surface area contributed by atoms with Crippen LogP contribution in [-0.4, -0.2) is 16.4 Å². The van der Waals surface area contributed by atoms with Crippen LogP contribution in [0.1, 0.15) is 5.56 Å². The Morgan fingerprint density at radius 2 is 2.12 bits per heavy atom. The van der Waals surface area contributed by atoms with Crippen molar-refractivity contribution in [3.63, 3.8) is 0 Å². The zero-order valence-corrected chi connectivity index (χ0v) is 10.1. The van der Waals surface area contributed by atoms with Crippen LogP contribution in [0.4, 0.5) is 18.9 Å². The van der Waals surface area contributed by atoms with Gasteiger partial charge < -0.3 is 4.90 Å². The zero-order chi connectivity index (χ0) is 12.6. The van der Waals surface area contributed by atoms with Crippen LogP contribution in [0.2, 0.25) is 0 Å². The van der Waals surface area contributed by atoms with Gasteiger partial charge in [-0.25, -0.2) is 0 Å². The van der Waals surface area contributed by atoms with Gasteiger partial charge in [-0.3, -0.25) is 4.79 Å². The summed E-state index contributed by atoms with van der Waals surface area (Å²) in [5.74, 6) is 0.0477. The molecule has 1 heterocycles. The molecule has 0 aromatic heterocycles. The molecule has 1 aromatic carbocycles. The minimum absolute atomic E-state index is 0.258. The summed E-state index contributed by atoms with van der Waals surface area (Å²) in [7, 11) is 0. The Balaban J connectivity index is 2.31. The van der Waals surface area contributed by atoms with E-state index in [4.69, 9.17) is 0 Å². The summed E-state index contributed by atoms with van der Waals surface area (Å²) in [6.45, 7) is 0. The van der Waals surface area contributed by atoms with E-state index in [2.05, 4.69) is 12.6 Å². The highest BCUT2D eigenvalue weighted by molar-refractivity contribution is 8.12. The van der Waals surface area contributed by atoms with Crippen LogP contribution < -0.4 is 4.90 Å². The van der Waals surface area contributed by atoms with E-state index in [0.29, 0.717) is 5.88 Å². The molecular weight excluding hydrogens is 271 g/mol. The van der Waals surface area contributed by atoms with Crippen molar-refractivity contribution >= 4 is 36.0 Å². The van der Waals surface area contributed by atoms with Crippen molar-refractivity contribution in [2.75, 3.05) is 10.8 Å². The summed E-state index contributed by atoms with van der Waals surface area (Å²) in [4.78, 5) is 12.9. The average Bonchev–Trinajstić information content (AvgIpc) is 2.59. The summed E-state index contributed by atoms with van der Waals surface area (Å²) >= 11 is 5.31. The molecule has 1 saturated heterocycles. The number of halogens is 3. The van der Waals surface area contributed by atoms with Crippen LogP contribution in [0.3, 0.4) is 0 Å². The highest BCUT2D eigenvalue weighted by Crippen LogP contribution is 2.35. The number of benzene rings is 1. The molecule has 2 nitrogen and oxygen atoms in total. The van der Waals surface area contributed by atoms with E-state index in [1.54, 1.807) is 0 Å². The van der Waals surface area contributed by atoms with E-state index in [9.17, 15) is 18.0 Å². The van der Waals surface area contributed by atoms with Crippen LogP contribution in [0.15, 0.2) is 24.3 Å². The normalized spacial score (nSPS) is 21.1. The van der Waals surface area contributed by atoms with Crippen LogP contribution in [-0.2, 0) is 11.0 Å². The zero-order valence-electron chi connectivity index (χ0n) is 8.44. The van der Waals surface area contributed by atoms with Gasteiger partial charge in [0.25, 0.3) is 5.91 Å². The number of carbonyl (C=O) groups is 1. The van der Waals surface area contributed by atoms with Crippen molar-refractivity contribution in [3.8, 4) is 0 Å². The monoisotopic (exact) mass is 279 g/mol. The smallest absolute Gasteiger partial charge is 0.301 e. The molecule has 0 radical (unpaired) electrons. The lowest BCUT2D eigenvalue weighted by Gasteiger charge is -2.16. The van der Waals surface area contributed by atoms with Crippen LogP contribution in [0.5, 0.6) is 0 Å². The maximum atomic E-state index is 12.5. The Morgan fingerprint density at radius 1 is 1.41 bits per heavy atom. The number of nitrogens with zero attached hydrogens (tertiary/aromatic N) is 1. The topological polar surface area (TPSA) is 20.3 Å². The fourth-order valence-corrected chi connectivity index (χ4v) is 2.64. The Morgan fingerprint density at radius 3 is 2.65 bits per heavy atom. The summed E-state index contributed by atoms with van der Waals surface area (Å²) < 4.78 is 37.0. The third kappa shape index (κ3) is 2.55. The molecule has 1 fully saturated rings. The SMILES string of the molecule is O=C1C(S)SCN1c1cccc(C(F)(F)F)c1. The second-order valence-corrected chi connectivity index (χ2v) is 5.39. The molecular formula is C10H8F3NOS2. The van der Waals surface area contributed by atoms with E-state index >= 15 is 0 Å². The Hall–Kier alpha value is -0.820. The van der Waals surface area contributed by atoms with E-state index in [1.807, 2.05) is 0 Å². The number of hydrogen-bond acceptors (Lipinski definition) is 3. The lowest BCUT2D eigenvalue weighted by atomic mass is 10.2. The molecule has 0 bridgehead atoms. The predicted octanol–water partition coefficient (Wildman–Crippen LogP) is 3.00. The van der Waals surface area contributed by atoms with E-state index in [-0.39, 0.29) is 11.6 Å². The van der Waals surface area contributed by atoms with Crippen molar-refractivity contribution in [2.24, 2.45) is 0 Å². The first kappa shape index (κ1) is 12.6. The quantitative estimate of drug-likeness (QED) is 0.798. The van der Waals surface area contributed by atoms with Gasteiger partial charge in [-0.2, -0.15) is 25.8 Å². The van der Waals surface area contributed by atoms with Gasteiger partial charge in [0.05, 0.1) is 11.4 Å². The molecule has 0 spiro atoms. The van der Waals surface area contributed by atoms with Crippen LogP contribution in [0, 0.1) is 0 Å². The molecule has 0 saturated carbocycles. The number of alkyl halides is 3. The van der Waals surface area contributed by atoms with Crippen molar-refractivity contribution in [2.45, 2.75) is 10.8 Å². The lowest BCUT2D eigenvalue weighted by molar-refractivity contribution is -0.137. The summed E-state index contributed by atoms with van der Waals surface area (Å²) in [6, 6.07) is 4.74. The van der Waals surface area contributed by atoms with E-state index in [0.717, 1.165) is 12.1 Å². The molecule has 1 aliphatic rings. The summed E-state index contributed by atoms with van der Waals surface area (Å²) in [5.41, 5.74) is -0.496. The maximum absolute atomic E-state index is 12.5. The van der Waals surface area contributed by atoms with Gasteiger partial charge in [-0.15, -0.1) is 11.8 Å². The fourth-order valence-electron chi connectivity index (χ4n) is 1.47. The third-order valence-corrected chi connectivity index (χ3v) is 3.92. The number of rotatable bonds is 1. The largest absolute Gasteiger partial charge is 0.416 e. The van der Waals surface area contributed by atoms with Crippen molar-refractivity contribution < 1.29 is 18.0 Å². The predicted molar refractivity (Wildman–Crippen MR) is 64.2 cm³/mol. The number of carbonyl (C=O) groups excluding carboxylic acids is 1. The van der Waals surface area contributed by atoms with Gasteiger partial charge in [0.15, 0.2) is 0 Å². The van der Waals surface area contributed by atoms with Gasteiger partial charge in [0.1, 0.15) is 4.58 Å². The molecule has 1 aliphatic heterocycles. The van der Waals surface area contributed by atoms with Gasteiger partial charge in [0, 0.05) is 5.69 Å². The van der Waals surface area contributed by atoms with Gasteiger partial charge in [-0.05, 0) is 18.2 Å². The molecule has 0 N–H and O–H groups in total. The first-order valence-corrected chi connectivity index (χ1v) is 6.24. The number of anilines is 1. The van der Waals surface area contributed by atoms with Crippen LogP contribution >= 0.6 is 24.4 Å². The minimum atomic E-state index is -4.40. The minimum Gasteiger partial charge on any atom is -0.301 e. The molecule has 7 heteroatoms. The molecule has 1 aromatic rings. The Kier molecular flexibility index (Phi) is 3.31. The molecule has 17 heavy (non-hydrogen) atoms. The second-order valence-electron chi connectivity index (χ2n) is 3.46. The second kappa shape index (κ2) is 4.45. The average molecular weight is 279 g/mol. The molecule has 2 rings (SSSR count). The number of hydrogen-bond donors (Lipinski definition) is 1. The van der Waals surface area contributed by atoms with Crippen molar-refractivity contribution in [1.29, 1.82) is 0 Å². The summed E-state index contributed by atoms with van der Waals surface area (Å²) in [5, 5.41) is 0. The molecule has 0 aliphatic carbocycles.